The third kappa shape index (κ3) is 5.65. The number of hydrogen-bond donors (Lipinski definition) is 2. The van der Waals surface area contributed by atoms with Crippen LogP contribution in [0.25, 0.3) is 0 Å². The molecular weight excluding hydrogens is 218 g/mol. The minimum absolute atomic E-state index is 0.0269. The second-order valence-corrected chi connectivity index (χ2v) is 3.66. The van der Waals surface area contributed by atoms with Crippen LogP contribution in [0.15, 0.2) is 24.5 Å². The maximum Gasteiger partial charge on any atom is 0.239 e. The maximum absolute atomic E-state index is 11.4. The first-order valence-electron chi connectivity index (χ1n) is 5.64. The Morgan fingerprint density at radius 3 is 2.76 bits per heavy atom. The van der Waals surface area contributed by atoms with Crippen LogP contribution in [0.2, 0.25) is 0 Å². The Bertz CT molecular complexity index is 365. The van der Waals surface area contributed by atoms with Gasteiger partial charge in [0.2, 0.25) is 11.8 Å². The third-order valence-corrected chi connectivity index (χ3v) is 2.14. The van der Waals surface area contributed by atoms with E-state index in [1.165, 1.54) is 0 Å². The smallest absolute Gasteiger partial charge is 0.239 e. The van der Waals surface area contributed by atoms with E-state index in [-0.39, 0.29) is 18.4 Å². The van der Waals surface area contributed by atoms with Crippen molar-refractivity contribution < 1.29 is 9.59 Å². The van der Waals surface area contributed by atoms with Crippen molar-refractivity contribution in [1.29, 1.82) is 0 Å². The van der Waals surface area contributed by atoms with Crippen LogP contribution in [-0.2, 0) is 16.1 Å². The summed E-state index contributed by atoms with van der Waals surface area (Å²) in [5, 5.41) is 5.26. The van der Waals surface area contributed by atoms with Gasteiger partial charge in [-0.05, 0) is 18.1 Å². The Morgan fingerprint density at radius 2 is 2.12 bits per heavy atom. The number of pyridine rings is 1. The Labute approximate surface area is 101 Å². The maximum atomic E-state index is 11.4. The second kappa shape index (κ2) is 7.38. The normalized spacial score (nSPS) is 9.71. The highest BCUT2D eigenvalue weighted by molar-refractivity contribution is 5.84. The Morgan fingerprint density at radius 1 is 1.29 bits per heavy atom. The molecule has 0 radical (unpaired) electrons. The number of aromatic nitrogens is 1. The average Bonchev–Trinajstić information content (AvgIpc) is 2.35. The zero-order chi connectivity index (χ0) is 12.5. The average molecular weight is 235 g/mol. The van der Waals surface area contributed by atoms with Gasteiger partial charge in [0.1, 0.15) is 0 Å². The molecule has 17 heavy (non-hydrogen) atoms. The highest BCUT2D eigenvalue weighted by atomic mass is 16.2. The first-order chi connectivity index (χ1) is 8.22. The zero-order valence-electron chi connectivity index (χ0n) is 9.90. The number of carbonyl (C=O) groups is 2. The summed E-state index contributed by atoms with van der Waals surface area (Å²) in [7, 11) is 0. The van der Waals surface area contributed by atoms with Gasteiger partial charge in [-0.1, -0.05) is 13.0 Å². The number of amides is 2. The van der Waals surface area contributed by atoms with E-state index in [4.69, 9.17) is 0 Å². The van der Waals surface area contributed by atoms with Gasteiger partial charge < -0.3 is 10.6 Å². The molecule has 5 heteroatoms. The standard InChI is InChI=1S/C12H17N3O2/c1-2-4-11(16)15-9-12(17)14-8-10-5-3-6-13-7-10/h3,5-7H,2,4,8-9H2,1H3,(H,14,17)(H,15,16). The van der Waals surface area contributed by atoms with Crippen molar-refractivity contribution >= 4 is 11.8 Å². The molecule has 92 valence electrons. The van der Waals surface area contributed by atoms with Gasteiger partial charge in [-0.3, -0.25) is 14.6 Å². The lowest BCUT2D eigenvalue weighted by Crippen LogP contribution is -2.36. The van der Waals surface area contributed by atoms with E-state index >= 15 is 0 Å². The summed E-state index contributed by atoms with van der Waals surface area (Å²) in [5.41, 5.74) is 0.931. The summed E-state index contributed by atoms with van der Waals surface area (Å²) < 4.78 is 0. The van der Waals surface area contributed by atoms with E-state index in [9.17, 15) is 9.59 Å². The van der Waals surface area contributed by atoms with Gasteiger partial charge in [0, 0.05) is 25.4 Å². The molecule has 1 heterocycles. The fourth-order valence-electron chi connectivity index (χ4n) is 1.26. The molecule has 5 nitrogen and oxygen atoms in total. The Kier molecular flexibility index (Phi) is 5.71. The van der Waals surface area contributed by atoms with E-state index in [1.807, 2.05) is 19.1 Å². The molecule has 0 unspecified atom stereocenters. The van der Waals surface area contributed by atoms with Crippen LogP contribution in [0.5, 0.6) is 0 Å². The van der Waals surface area contributed by atoms with Gasteiger partial charge in [0.15, 0.2) is 0 Å². The fourth-order valence-corrected chi connectivity index (χ4v) is 1.26. The van der Waals surface area contributed by atoms with E-state index < -0.39 is 0 Å². The summed E-state index contributed by atoms with van der Waals surface area (Å²) in [4.78, 5) is 26.4. The number of nitrogens with zero attached hydrogens (tertiary/aromatic N) is 1. The molecule has 0 atom stereocenters. The first-order valence-corrected chi connectivity index (χ1v) is 5.64. The summed E-state index contributed by atoms with van der Waals surface area (Å²) in [5.74, 6) is -0.290. The molecule has 0 bridgehead atoms. The van der Waals surface area contributed by atoms with Crippen LogP contribution < -0.4 is 10.6 Å². The van der Waals surface area contributed by atoms with Crippen molar-refractivity contribution in [3.05, 3.63) is 30.1 Å². The van der Waals surface area contributed by atoms with Crippen LogP contribution >= 0.6 is 0 Å². The predicted molar refractivity (Wildman–Crippen MR) is 64.0 cm³/mol. The van der Waals surface area contributed by atoms with Crippen LogP contribution in [0.4, 0.5) is 0 Å². The Hall–Kier alpha value is -1.91. The summed E-state index contributed by atoms with van der Waals surface area (Å²) in [6.45, 7) is 2.37. The SMILES string of the molecule is CCCC(=O)NCC(=O)NCc1cccnc1. The van der Waals surface area contributed by atoms with Crippen molar-refractivity contribution in [2.45, 2.75) is 26.3 Å². The lowest BCUT2D eigenvalue weighted by molar-refractivity contribution is -0.126. The molecule has 0 spiro atoms. The van der Waals surface area contributed by atoms with Crippen molar-refractivity contribution in [3.63, 3.8) is 0 Å². The van der Waals surface area contributed by atoms with Gasteiger partial charge in [-0.15, -0.1) is 0 Å². The molecule has 0 saturated heterocycles. The quantitative estimate of drug-likeness (QED) is 0.759. The van der Waals surface area contributed by atoms with Crippen molar-refractivity contribution in [1.82, 2.24) is 15.6 Å². The lowest BCUT2D eigenvalue weighted by Gasteiger charge is -2.06. The van der Waals surface area contributed by atoms with Gasteiger partial charge in [0.25, 0.3) is 0 Å². The zero-order valence-corrected chi connectivity index (χ0v) is 9.90. The van der Waals surface area contributed by atoms with E-state index in [0.717, 1.165) is 12.0 Å². The van der Waals surface area contributed by atoms with Crippen molar-refractivity contribution in [2.75, 3.05) is 6.54 Å². The molecule has 2 N–H and O–H groups in total. The molecule has 1 rings (SSSR count). The molecule has 0 aromatic carbocycles. The Balaban J connectivity index is 2.20. The lowest BCUT2D eigenvalue weighted by atomic mass is 10.3. The van der Waals surface area contributed by atoms with Gasteiger partial charge >= 0.3 is 0 Å². The monoisotopic (exact) mass is 235 g/mol. The van der Waals surface area contributed by atoms with Crippen LogP contribution in [0.3, 0.4) is 0 Å². The number of rotatable bonds is 6. The molecule has 0 aliphatic heterocycles. The topological polar surface area (TPSA) is 71.1 Å². The molecule has 1 aromatic rings. The minimum Gasteiger partial charge on any atom is -0.350 e. The van der Waals surface area contributed by atoms with Crippen LogP contribution in [-0.4, -0.2) is 23.3 Å². The third-order valence-electron chi connectivity index (χ3n) is 2.14. The molecule has 1 aromatic heterocycles. The molecule has 0 aliphatic rings. The number of carbonyl (C=O) groups excluding carboxylic acids is 2. The molecule has 0 aliphatic carbocycles. The fraction of sp³-hybridized carbons (Fsp3) is 0.417. The minimum atomic E-state index is -0.196. The first kappa shape index (κ1) is 13.2. The van der Waals surface area contributed by atoms with Crippen molar-refractivity contribution in [3.8, 4) is 0 Å². The summed E-state index contributed by atoms with van der Waals surface area (Å²) >= 11 is 0. The predicted octanol–water partition coefficient (Wildman–Crippen LogP) is 0.614. The van der Waals surface area contributed by atoms with Crippen LogP contribution in [0.1, 0.15) is 25.3 Å². The van der Waals surface area contributed by atoms with E-state index in [0.29, 0.717) is 13.0 Å². The van der Waals surface area contributed by atoms with Gasteiger partial charge in [-0.2, -0.15) is 0 Å². The molecule has 2 amide bonds. The van der Waals surface area contributed by atoms with E-state index in [1.54, 1.807) is 12.4 Å². The second-order valence-electron chi connectivity index (χ2n) is 3.66. The number of nitrogens with one attached hydrogen (secondary N) is 2. The molecular formula is C12H17N3O2. The highest BCUT2D eigenvalue weighted by Gasteiger charge is 2.04. The van der Waals surface area contributed by atoms with Gasteiger partial charge in [-0.25, -0.2) is 0 Å². The summed E-state index contributed by atoms with van der Waals surface area (Å²) in [6, 6.07) is 3.69. The largest absolute Gasteiger partial charge is 0.350 e. The summed E-state index contributed by atoms with van der Waals surface area (Å²) in [6.07, 6.45) is 4.60. The van der Waals surface area contributed by atoms with Gasteiger partial charge in [0.05, 0.1) is 6.54 Å². The van der Waals surface area contributed by atoms with Crippen LogP contribution in [0, 0.1) is 0 Å². The van der Waals surface area contributed by atoms with Crippen molar-refractivity contribution in [2.24, 2.45) is 0 Å². The van der Waals surface area contributed by atoms with E-state index in [2.05, 4.69) is 15.6 Å². The number of hydrogen-bond acceptors (Lipinski definition) is 3. The molecule has 0 saturated carbocycles. The molecule has 0 fully saturated rings. The highest BCUT2D eigenvalue weighted by Crippen LogP contribution is 1.93.